The molecule has 1 atom stereocenters. The molecule has 2 aromatic carbocycles. The molecule has 1 aliphatic heterocycles. The zero-order valence-corrected chi connectivity index (χ0v) is 12.4. The Morgan fingerprint density at radius 3 is 2.33 bits per heavy atom. The van der Waals surface area contributed by atoms with Gasteiger partial charge in [0.05, 0.1) is 5.69 Å². The first-order valence-electron chi connectivity index (χ1n) is 6.27. The molecule has 1 N–H and O–H groups in total. The summed E-state index contributed by atoms with van der Waals surface area (Å²) in [5.41, 5.74) is 1.33. The van der Waals surface area contributed by atoms with Gasteiger partial charge in [-0.25, -0.2) is 4.90 Å². The average Bonchev–Trinajstić information content (AvgIpc) is 2.77. The molecule has 0 radical (unpaired) electrons. The van der Waals surface area contributed by atoms with Gasteiger partial charge in [0.15, 0.2) is 5.37 Å². The first-order chi connectivity index (χ1) is 10.1. The van der Waals surface area contributed by atoms with Gasteiger partial charge in [0, 0.05) is 10.7 Å². The Labute approximate surface area is 131 Å². The number of amides is 2. The molecule has 6 heteroatoms. The Bertz CT molecular complexity index is 676. The summed E-state index contributed by atoms with van der Waals surface area (Å²) in [6, 6.07) is 15.9. The van der Waals surface area contributed by atoms with E-state index in [4.69, 9.17) is 11.6 Å². The summed E-state index contributed by atoms with van der Waals surface area (Å²) in [6.07, 6.45) is 0. The Balaban J connectivity index is 1.79. The van der Waals surface area contributed by atoms with Crippen LogP contribution in [0.3, 0.4) is 0 Å². The number of rotatable bonds is 3. The number of thioether (sulfide) groups is 1. The van der Waals surface area contributed by atoms with E-state index in [2.05, 4.69) is 5.32 Å². The third-order valence-corrected chi connectivity index (χ3v) is 4.19. The summed E-state index contributed by atoms with van der Waals surface area (Å²) < 4.78 is 0. The molecule has 1 aliphatic rings. The van der Waals surface area contributed by atoms with E-state index in [0.717, 1.165) is 17.4 Å². The minimum absolute atomic E-state index is 0.272. The summed E-state index contributed by atoms with van der Waals surface area (Å²) in [5.74, 6) is -0.272. The van der Waals surface area contributed by atoms with Crippen molar-refractivity contribution in [3.05, 3.63) is 59.6 Å². The molecule has 2 amide bonds. The van der Waals surface area contributed by atoms with Crippen LogP contribution in [-0.4, -0.2) is 16.5 Å². The predicted octanol–water partition coefficient (Wildman–Crippen LogP) is 3.98. The van der Waals surface area contributed by atoms with Gasteiger partial charge in [-0.15, -0.1) is 0 Å². The first-order valence-corrected chi connectivity index (χ1v) is 7.52. The summed E-state index contributed by atoms with van der Waals surface area (Å²) in [5, 5.41) is 2.75. The lowest BCUT2D eigenvalue weighted by Crippen LogP contribution is -2.34. The highest BCUT2D eigenvalue weighted by molar-refractivity contribution is 8.16. The van der Waals surface area contributed by atoms with Gasteiger partial charge in [0.25, 0.3) is 11.1 Å². The fourth-order valence-corrected chi connectivity index (χ4v) is 3.04. The van der Waals surface area contributed by atoms with Crippen LogP contribution in [-0.2, 0) is 4.79 Å². The van der Waals surface area contributed by atoms with E-state index in [1.165, 1.54) is 4.90 Å². The number of halogens is 1. The van der Waals surface area contributed by atoms with Crippen molar-refractivity contribution in [1.82, 2.24) is 0 Å². The van der Waals surface area contributed by atoms with E-state index < -0.39 is 5.37 Å². The number of carbonyl (C=O) groups is 2. The fraction of sp³-hybridized carbons (Fsp3) is 0.0667. The van der Waals surface area contributed by atoms with E-state index in [1.807, 2.05) is 6.07 Å². The smallest absolute Gasteiger partial charge is 0.295 e. The second kappa shape index (κ2) is 5.79. The Morgan fingerprint density at radius 2 is 1.67 bits per heavy atom. The Kier molecular flexibility index (Phi) is 3.86. The number of carbonyl (C=O) groups excluding carboxylic acids is 2. The predicted molar refractivity (Wildman–Crippen MR) is 85.8 cm³/mol. The van der Waals surface area contributed by atoms with E-state index in [-0.39, 0.29) is 11.1 Å². The fourth-order valence-electron chi connectivity index (χ4n) is 2.01. The van der Waals surface area contributed by atoms with Gasteiger partial charge in [0.1, 0.15) is 0 Å². The molecule has 1 heterocycles. The highest BCUT2D eigenvalue weighted by Crippen LogP contribution is 2.32. The van der Waals surface area contributed by atoms with E-state index >= 15 is 0 Å². The van der Waals surface area contributed by atoms with Crippen LogP contribution in [0, 0.1) is 0 Å². The highest BCUT2D eigenvalue weighted by Gasteiger charge is 2.40. The van der Waals surface area contributed by atoms with Crippen LogP contribution in [0.2, 0.25) is 5.02 Å². The number of imide groups is 1. The monoisotopic (exact) mass is 318 g/mol. The lowest BCUT2D eigenvalue weighted by atomic mass is 10.3. The van der Waals surface area contributed by atoms with E-state index in [1.54, 1.807) is 48.5 Å². The molecule has 1 fully saturated rings. The maximum absolute atomic E-state index is 12.4. The number of benzene rings is 2. The Morgan fingerprint density at radius 1 is 1.00 bits per heavy atom. The van der Waals surface area contributed by atoms with Crippen LogP contribution in [0.4, 0.5) is 16.2 Å². The second-order valence-electron chi connectivity index (χ2n) is 4.42. The van der Waals surface area contributed by atoms with Gasteiger partial charge < -0.3 is 5.32 Å². The molecule has 0 unspecified atom stereocenters. The molecule has 2 aromatic rings. The maximum atomic E-state index is 12.4. The zero-order chi connectivity index (χ0) is 14.8. The molecule has 0 aromatic heterocycles. The van der Waals surface area contributed by atoms with Crippen LogP contribution < -0.4 is 10.2 Å². The van der Waals surface area contributed by atoms with E-state index in [0.29, 0.717) is 10.7 Å². The third kappa shape index (κ3) is 2.89. The molecule has 0 aliphatic carbocycles. The van der Waals surface area contributed by atoms with Crippen molar-refractivity contribution in [3.8, 4) is 0 Å². The average molecular weight is 319 g/mol. The van der Waals surface area contributed by atoms with E-state index in [9.17, 15) is 9.59 Å². The van der Waals surface area contributed by atoms with Crippen LogP contribution >= 0.6 is 23.4 Å². The largest absolute Gasteiger partial charge is 0.365 e. The number of anilines is 2. The number of nitrogens with zero attached hydrogens (tertiary/aromatic N) is 1. The number of hydrogen-bond acceptors (Lipinski definition) is 4. The minimum Gasteiger partial charge on any atom is -0.365 e. The Hall–Kier alpha value is -1.98. The summed E-state index contributed by atoms with van der Waals surface area (Å²) >= 11 is 6.79. The molecule has 0 spiro atoms. The van der Waals surface area contributed by atoms with Gasteiger partial charge in [0.2, 0.25) is 0 Å². The molecule has 21 heavy (non-hydrogen) atoms. The van der Waals surface area contributed by atoms with Crippen molar-refractivity contribution >= 4 is 45.9 Å². The van der Waals surface area contributed by atoms with Gasteiger partial charge in [-0.05, 0) is 48.2 Å². The summed E-state index contributed by atoms with van der Waals surface area (Å²) in [4.78, 5) is 25.6. The molecule has 4 nitrogen and oxygen atoms in total. The molecular formula is C15H11ClN2O2S. The van der Waals surface area contributed by atoms with Crippen LogP contribution in [0.1, 0.15) is 0 Å². The van der Waals surface area contributed by atoms with Crippen LogP contribution in [0.15, 0.2) is 54.6 Å². The van der Waals surface area contributed by atoms with Gasteiger partial charge >= 0.3 is 0 Å². The summed E-state index contributed by atoms with van der Waals surface area (Å²) in [7, 11) is 0. The first kappa shape index (κ1) is 14.0. The quantitative estimate of drug-likeness (QED) is 0.930. The van der Waals surface area contributed by atoms with Gasteiger partial charge in [-0.1, -0.05) is 29.8 Å². The summed E-state index contributed by atoms with van der Waals surface area (Å²) in [6.45, 7) is 0. The second-order valence-corrected chi connectivity index (χ2v) is 5.92. The molecular weight excluding hydrogens is 308 g/mol. The molecule has 1 saturated heterocycles. The number of nitrogens with one attached hydrogen (secondary N) is 1. The normalized spacial score (nSPS) is 18.1. The molecule has 0 bridgehead atoms. The number of para-hydroxylation sites is 1. The van der Waals surface area contributed by atoms with Gasteiger partial charge in [-0.2, -0.15) is 0 Å². The molecule has 0 saturated carbocycles. The van der Waals surface area contributed by atoms with Crippen molar-refractivity contribution in [2.75, 3.05) is 10.2 Å². The molecule has 106 valence electrons. The van der Waals surface area contributed by atoms with Crippen molar-refractivity contribution in [2.45, 2.75) is 5.37 Å². The van der Waals surface area contributed by atoms with Crippen LogP contribution in [0.5, 0.6) is 0 Å². The highest BCUT2D eigenvalue weighted by atomic mass is 35.5. The zero-order valence-electron chi connectivity index (χ0n) is 10.8. The topological polar surface area (TPSA) is 49.4 Å². The van der Waals surface area contributed by atoms with Crippen molar-refractivity contribution in [3.63, 3.8) is 0 Å². The number of hydrogen-bond donors (Lipinski definition) is 1. The minimum atomic E-state index is -0.626. The maximum Gasteiger partial charge on any atom is 0.295 e. The van der Waals surface area contributed by atoms with Crippen molar-refractivity contribution < 1.29 is 9.59 Å². The van der Waals surface area contributed by atoms with Crippen molar-refractivity contribution in [2.24, 2.45) is 0 Å². The third-order valence-electron chi connectivity index (χ3n) is 3.00. The SMILES string of the molecule is O=C1S[C@H](Nc2ccc(Cl)cc2)C(=O)N1c1ccccc1. The lowest BCUT2D eigenvalue weighted by molar-refractivity contribution is -0.116. The molecule has 3 rings (SSSR count). The van der Waals surface area contributed by atoms with Crippen molar-refractivity contribution in [1.29, 1.82) is 0 Å². The lowest BCUT2D eigenvalue weighted by Gasteiger charge is -2.14. The van der Waals surface area contributed by atoms with Gasteiger partial charge in [-0.3, -0.25) is 9.59 Å². The van der Waals surface area contributed by atoms with Crippen LogP contribution in [0.25, 0.3) is 0 Å². The standard InChI is InChI=1S/C15H11ClN2O2S/c16-10-6-8-11(9-7-10)17-13-14(19)18(15(20)21-13)12-4-2-1-3-5-12/h1-9,13,17H/t13-/m0/s1.